The van der Waals surface area contributed by atoms with E-state index in [2.05, 4.69) is 0 Å². The van der Waals surface area contributed by atoms with Crippen LogP contribution in [-0.4, -0.2) is 24.8 Å². The van der Waals surface area contributed by atoms with E-state index in [0.717, 1.165) is 0 Å². The van der Waals surface area contributed by atoms with Gasteiger partial charge in [-0.25, -0.2) is 4.39 Å². The average Bonchev–Trinajstić information content (AvgIpc) is 2.47. The van der Waals surface area contributed by atoms with Crippen molar-refractivity contribution in [2.45, 2.75) is 5.92 Å². The number of rotatable bonds is 5. The van der Waals surface area contributed by atoms with Crippen molar-refractivity contribution in [1.29, 1.82) is 0 Å². The highest BCUT2D eigenvalue weighted by molar-refractivity contribution is 5.78. The third-order valence-electron chi connectivity index (χ3n) is 2.97. The summed E-state index contributed by atoms with van der Waals surface area (Å²) in [5.41, 5.74) is 0.474. The Kier molecular flexibility index (Phi) is 4.77. The van der Waals surface area contributed by atoms with Gasteiger partial charge in [-0.15, -0.1) is 0 Å². The molecule has 0 fully saturated rings. The molecule has 0 spiro atoms. The minimum absolute atomic E-state index is 0.0143. The number of phenols is 1. The number of halogens is 1. The molecule has 110 valence electrons. The van der Waals surface area contributed by atoms with E-state index < -0.39 is 17.7 Å². The fourth-order valence-corrected chi connectivity index (χ4v) is 1.92. The summed E-state index contributed by atoms with van der Waals surface area (Å²) >= 11 is 0. The van der Waals surface area contributed by atoms with Gasteiger partial charge in [0.1, 0.15) is 29.8 Å². The van der Waals surface area contributed by atoms with Crippen molar-refractivity contribution in [2.24, 2.45) is 0 Å². The van der Waals surface area contributed by atoms with E-state index in [1.54, 1.807) is 18.2 Å². The predicted molar refractivity (Wildman–Crippen MR) is 74.8 cm³/mol. The first-order valence-corrected chi connectivity index (χ1v) is 6.35. The van der Waals surface area contributed by atoms with Gasteiger partial charge in [0.05, 0.1) is 7.11 Å². The van der Waals surface area contributed by atoms with Gasteiger partial charge in [-0.2, -0.15) is 0 Å². The first-order valence-electron chi connectivity index (χ1n) is 6.35. The molecule has 0 saturated carbocycles. The van der Waals surface area contributed by atoms with Gasteiger partial charge >= 0.3 is 5.97 Å². The van der Waals surface area contributed by atoms with Crippen molar-refractivity contribution in [3.8, 4) is 11.5 Å². The van der Waals surface area contributed by atoms with Crippen LogP contribution in [0.25, 0.3) is 0 Å². The van der Waals surface area contributed by atoms with Crippen molar-refractivity contribution < 1.29 is 23.8 Å². The SMILES string of the molecule is COC(=O)C(COc1cccc(O)c1)c1cccc(F)c1. The Morgan fingerprint density at radius 1 is 1.24 bits per heavy atom. The van der Waals surface area contributed by atoms with Gasteiger partial charge in [0.2, 0.25) is 0 Å². The number of hydrogen-bond donors (Lipinski definition) is 1. The molecule has 1 unspecified atom stereocenters. The minimum Gasteiger partial charge on any atom is -0.508 e. The molecule has 0 aromatic heterocycles. The molecule has 21 heavy (non-hydrogen) atoms. The maximum absolute atomic E-state index is 13.3. The number of methoxy groups -OCH3 is 1. The molecule has 1 N–H and O–H groups in total. The van der Waals surface area contributed by atoms with Crippen LogP contribution in [-0.2, 0) is 9.53 Å². The smallest absolute Gasteiger partial charge is 0.316 e. The van der Waals surface area contributed by atoms with E-state index in [9.17, 15) is 14.3 Å². The molecule has 0 aliphatic rings. The second kappa shape index (κ2) is 6.74. The van der Waals surface area contributed by atoms with Crippen molar-refractivity contribution in [3.05, 3.63) is 59.9 Å². The average molecular weight is 290 g/mol. The quantitative estimate of drug-likeness (QED) is 0.860. The van der Waals surface area contributed by atoms with Crippen LogP contribution in [0.2, 0.25) is 0 Å². The van der Waals surface area contributed by atoms with E-state index >= 15 is 0 Å². The number of carbonyl (C=O) groups is 1. The highest BCUT2D eigenvalue weighted by atomic mass is 19.1. The molecular weight excluding hydrogens is 275 g/mol. The monoisotopic (exact) mass is 290 g/mol. The van der Waals surface area contributed by atoms with Crippen LogP contribution in [0.5, 0.6) is 11.5 Å². The van der Waals surface area contributed by atoms with Crippen LogP contribution in [0, 0.1) is 5.82 Å². The second-order valence-corrected chi connectivity index (χ2v) is 4.44. The van der Waals surface area contributed by atoms with Crippen molar-refractivity contribution in [3.63, 3.8) is 0 Å². The third kappa shape index (κ3) is 3.95. The largest absolute Gasteiger partial charge is 0.508 e. The zero-order valence-electron chi connectivity index (χ0n) is 11.5. The van der Waals surface area contributed by atoms with Gasteiger partial charge in [0.25, 0.3) is 0 Å². The number of aromatic hydroxyl groups is 1. The number of phenolic OH excluding ortho intramolecular Hbond substituents is 1. The lowest BCUT2D eigenvalue weighted by atomic mass is 10.00. The molecule has 5 heteroatoms. The summed E-state index contributed by atoms with van der Waals surface area (Å²) in [6, 6.07) is 11.9. The lowest BCUT2D eigenvalue weighted by Crippen LogP contribution is -2.21. The summed E-state index contributed by atoms with van der Waals surface area (Å²) < 4.78 is 23.5. The lowest BCUT2D eigenvalue weighted by Gasteiger charge is -2.16. The zero-order valence-corrected chi connectivity index (χ0v) is 11.5. The summed E-state index contributed by atoms with van der Waals surface area (Å²) in [4.78, 5) is 11.8. The second-order valence-electron chi connectivity index (χ2n) is 4.44. The van der Waals surface area contributed by atoms with Crippen LogP contribution in [0.4, 0.5) is 4.39 Å². The van der Waals surface area contributed by atoms with E-state index in [4.69, 9.17) is 9.47 Å². The Labute approximate surface area is 121 Å². The van der Waals surface area contributed by atoms with Crippen molar-refractivity contribution in [1.82, 2.24) is 0 Å². The molecule has 1 atom stereocenters. The topological polar surface area (TPSA) is 55.8 Å². The number of esters is 1. The highest BCUT2D eigenvalue weighted by Crippen LogP contribution is 2.22. The molecule has 0 heterocycles. The van der Waals surface area contributed by atoms with Gasteiger partial charge in [0, 0.05) is 6.07 Å². The summed E-state index contributed by atoms with van der Waals surface area (Å²) in [6.45, 7) is -0.0143. The molecule has 0 saturated heterocycles. The van der Waals surface area contributed by atoms with Crippen molar-refractivity contribution in [2.75, 3.05) is 13.7 Å². The highest BCUT2D eigenvalue weighted by Gasteiger charge is 2.23. The first kappa shape index (κ1) is 14.8. The molecule has 4 nitrogen and oxygen atoms in total. The Hall–Kier alpha value is -2.56. The Bertz CT molecular complexity index is 627. The number of carbonyl (C=O) groups excluding carboxylic acids is 1. The minimum atomic E-state index is -0.743. The molecule has 0 amide bonds. The van der Waals surface area contributed by atoms with Crippen LogP contribution >= 0.6 is 0 Å². The molecular formula is C16H15FO4. The molecule has 2 aromatic rings. The van der Waals surface area contributed by atoms with Gasteiger partial charge in [-0.1, -0.05) is 18.2 Å². The standard InChI is InChI=1S/C16H15FO4/c1-20-16(19)15(11-4-2-5-12(17)8-11)10-21-14-7-3-6-13(18)9-14/h2-9,15,18H,10H2,1H3. The maximum Gasteiger partial charge on any atom is 0.316 e. The zero-order chi connectivity index (χ0) is 15.2. The molecule has 0 aliphatic carbocycles. The van der Waals surface area contributed by atoms with Crippen LogP contribution in [0.3, 0.4) is 0 Å². The first-order chi connectivity index (χ1) is 10.1. The van der Waals surface area contributed by atoms with Gasteiger partial charge in [-0.05, 0) is 29.8 Å². The fourth-order valence-electron chi connectivity index (χ4n) is 1.92. The Morgan fingerprint density at radius 2 is 2.00 bits per heavy atom. The fraction of sp³-hybridized carbons (Fsp3) is 0.188. The normalized spacial score (nSPS) is 11.7. The summed E-state index contributed by atoms with van der Waals surface area (Å²) in [7, 11) is 1.27. The van der Waals surface area contributed by atoms with Crippen LogP contribution in [0.15, 0.2) is 48.5 Å². The molecule has 0 aliphatic heterocycles. The summed E-state index contributed by atoms with van der Waals surface area (Å²) in [5, 5.41) is 9.37. The summed E-state index contributed by atoms with van der Waals surface area (Å²) in [5.74, 6) is -1.21. The number of ether oxygens (including phenoxy) is 2. The molecule has 2 rings (SSSR count). The van der Waals surface area contributed by atoms with E-state index in [1.807, 2.05) is 0 Å². The number of hydrogen-bond acceptors (Lipinski definition) is 4. The Balaban J connectivity index is 2.16. The van der Waals surface area contributed by atoms with Crippen molar-refractivity contribution >= 4 is 5.97 Å². The van der Waals surface area contributed by atoms with E-state index in [-0.39, 0.29) is 12.4 Å². The Morgan fingerprint density at radius 3 is 2.67 bits per heavy atom. The molecule has 2 aromatic carbocycles. The predicted octanol–water partition coefficient (Wildman–Crippen LogP) is 2.87. The van der Waals surface area contributed by atoms with Gasteiger partial charge < -0.3 is 14.6 Å². The van der Waals surface area contributed by atoms with Gasteiger partial charge in [-0.3, -0.25) is 4.79 Å². The maximum atomic E-state index is 13.3. The van der Waals surface area contributed by atoms with Gasteiger partial charge in [0.15, 0.2) is 0 Å². The van der Waals surface area contributed by atoms with E-state index in [0.29, 0.717) is 11.3 Å². The number of benzene rings is 2. The van der Waals surface area contributed by atoms with E-state index in [1.165, 1.54) is 37.4 Å². The molecule has 0 bridgehead atoms. The van der Waals surface area contributed by atoms with Crippen LogP contribution < -0.4 is 4.74 Å². The summed E-state index contributed by atoms with van der Waals surface area (Å²) in [6.07, 6.45) is 0. The molecule has 0 radical (unpaired) electrons. The lowest BCUT2D eigenvalue weighted by molar-refractivity contribution is -0.143. The van der Waals surface area contributed by atoms with Crippen LogP contribution in [0.1, 0.15) is 11.5 Å². The third-order valence-corrected chi connectivity index (χ3v) is 2.97.